The highest BCUT2D eigenvalue weighted by Crippen LogP contribution is 2.23. The van der Waals surface area contributed by atoms with Crippen LogP contribution in [0.15, 0.2) is 24.3 Å². The molecule has 18 heavy (non-hydrogen) atoms. The van der Waals surface area contributed by atoms with E-state index in [1.165, 1.54) is 5.56 Å². The third kappa shape index (κ3) is 3.86. The predicted molar refractivity (Wildman–Crippen MR) is 76.5 cm³/mol. The van der Waals surface area contributed by atoms with Gasteiger partial charge in [0, 0.05) is 5.92 Å². The van der Waals surface area contributed by atoms with Crippen molar-refractivity contribution < 1.29 is 4.79 Å². The van der Waals surface area contributed by atoms with Crippen molar-refractivity contribution in [1.82, 2.24) is 5.32 Å². The van der Waals surface area contributed by atoms with Crippen LogP contribution in [0.2, 0.25) is 0 Å². The molecule has 0 bridgehead atoms. The Hall–Kier alpha value is -1.31. The van der Waals surface area contributed by atoms with E-state index in [1.54, 1.807) is 0 Å². The zero-order chi connectivity index (χ0) is 13.9. The Labute approximate surface area is 111 Å². The van der Waals surface area contributed by atoms with Gasteiger partial charge < -0.3 is 5.32 Å². The lowest BCUT2D eigenvalue weighted by Gasteiger charge is -2.21. The topological polar surface area (TPSA) is 29.1 Å². The number of carbonyl (C=O) groups excluding carboxylic acids is 1. The van der Waals surface area contributed by atoms with Crippen molar-refractivity contribution >= 4 is 5.91 Å². The summed E-state index contributed by atoms with van der Waals surface area (Å²) in [4.78, 5) is 11.6. The summed E-state index contributed by atoms with van der Waals surface area (Å²) in [6.07, 6.45) is 0. The maximum Gasteiger partial charge on any atom is 0.223 e. The van der Waals surface area contributed by atoms with Crippen molar-refractivity contribution in [2.45, 2.75) is 53.0 Å². The van der Waals surface area contributed by atoms with Gasteiger partial charge in [-0.1, -0.05) is 58.9 Å². The highest BCUT2D eigenvalue weighted by Gasteiger charge is 2.15. The van der Waals surface area contributed by atoms with Crippen molar-refractivity contribution in [3.8, 4) is 0 Å². The molecular weight excluding hydrogens is 222 g/mol. The van der Waals surface area contributed by atoms with E-state index in [0.29, 0.717) is 0 Å². The molecule has 0 saturated heterocycles. The van der Waals surface area contributed by atoms with Gasteiger partial charge in [0.1, 0.15) is 0 Å². The highest BCUT2D eigenvalue weighted by molar-refractivity contribution is 5.78. The smallest absolute Gasteiger partial charge is 0.223 e. The SMILES string of the molecule is CC(C)C(=O)N[C@@H](C)c1ccc(C(C)(C)C)cc1. The van der Waals surface area contributed by atoms with E-state index < -0.39 is 0 Å². The minimum absolute atomic E-state index is 0.0290. The summed E-state index contributed by atoms with van der Waals surface area (Å²) in [5.74, 6) is 0.128. The number of hydrogen-bond donors (Lipinski definition) is 1. The zero-order valence-corrected chi connectivity index (χ0v) is 12.4. The van der Waals surface area contributed by atoms with Crippen LogP contribution in [0.1, 0.15) is 58.7 Å². The quantitative estimate of drug-likeness (QED) is 0.864. The lowest BCUT2D eigenvalue weighted by atomic mass is 9.86. The number of nitrogens with one attached hydrogen (secondary N) is 1. The summed E-state index contributed by atoms with van der Waals surface area (Å²) in [5.41, 5.74) is 2.63. The van der Waals surface area contributed by atoms with Gasteiger partial charge in [-0.05, 0) is 23.5 Å². The van der Waals surface area contributed by atoms with Crippen LogP contribution in [-0.4, -0.2) is 5.91 Å². The van der Waals surface area contributed by atoms with Gasteiger partial charge in [-0.2, -0.15) is 0 Å². The van der Waals surface area contributed by atoms with Crippen molar-refractivity contribution in [2.75, 3.05) is 0 Å². The summed E-state index contributed by atoms with van der Waals surface area (Å²) in [6, 6.07) is 8.56. The molecule has 0 aliphatic carbocycles. The summed E-state index contributed by atoms with van der Waals surface area (Å²) < 4.78 is 0. The van der Waals surface area contributed by atoms with Crippen molar-refractivity contribution in [2.24, 2.45) is 5.92 Å². The van der Waals surface area contributed by atoms with Gasteiger partial charge in [0.25, 0.3) is 0 Å². The average molecular weight is 247 g/mol. The molecule has 0 spiro atoms. The molecule has 2 heteroatoms. The Morgan fingerprint density at radius 3 is 1.94 bits per heavy atom. The lowest BCUT2D eigenvalue weighted by molar-refractivity contribution is -0.124. The van der Waals surface area contributed by atoms with Crippen LogP contribution < -0.4 is 5.32 Å². The predicted octanol–water partition coefficient (Wildman–Crippen LogP) is 3.82. The van der Waals surface area contributed by atoms with E-state index in [0.717, 1.165) is 5.56 Å². The second-order valence-electron chi connectivity index (χ2n) is 6.26. The Balaban J connectivity index is 2.76. The molecular formula is C16H25NO. The van der Waals surface area contributed by atoms with Gasteiger partial charge in [0.2, 0.25) is 5.91 Å². The van der Waals surface area contributed by atoms with E-state index in [4.69, 9.17) is 0 Å². The Bertz CT molecular complexity index is 398. The molecule has 0 unspecified atom stereocenters. The van der Waals surface area contributed by atoms with Crippen LogP contribution in [0.25, 0.3) is 0 Å². The fourth-order valence-corrected chi connectivity index (χ4v) is 1.74. The molecule has 0 aliphatic heterocycles. The van der Waals surface area contributed by atoms with Gasteiger partial charge in [0.15, 0.2) is 0 Å². The standard InChI is InChI=1S/C16H25NO/c1-11(2)15(18)17-12(3)13-7-9-14(10-8-13)16(4,5)6/h7-12H,1-6H3,(H,17,18)/t12-/m0/s1. The van der Waals surface area contributed by atoms with E-state index >= 15 is 0 Å². The molecule has 0 heterocycles. The first-order valence-electron chi connectivity index (χ1n) is 6.62. The maximum atomic E-state index is 11.6. The molecule has 0 saturated carbocycles. The van der Waals surface area contributed by atoms with E-state index in [-0.39, 0.29) is 23.3 Å². The van der Waals surface area contributed by atoms with Crippen molar-refractivity contribution in [3.63, 3.8) is 0 Å². The molecule has 1 aromatic rings. The zero-order valence-electron chi connectivity index (χ0n) is 12.4. The van der Waals surface area contributed by atoms with Crippen LogP contribution in [0.5, 0.6) is 0 Å². The Morgan fingerprint density at radius 2 is 1.56 bits per heavy atom. The molecule has 1 amide bonds. The molecule has 0 radical (unpaired) electrons. The largest absolute Gasteiger partial charge is 0.349 e. The van der Waals surface area contributed by atoms with E-state index in [9.17, 15) is 4.79 Å². The highest BCUT2D eigenvalue weighted by atomic mass is 16.1. The number of amides is 1. The summed E-state index contributed by atoms with van der Waals surface area (Å²) in [6.45, 7) is 12.4. The molecule has 0 aromatic heterocycles. The summed E-state index contributed by atoms with van der Waals surface area (Å²) in [5, 5.41) is 3.01. The minimum Gasteiger partial charge on any atom is -0.349 e. The van der Waals surface area contributed by atoms with Crippen LogP contribution >= 0.6 is 0 Å². The number of benzene rings is 1. The van der Waals surface area contributed by atoms with Gasteiger partial charge >= 0.3 is 0 Å². The lowest BCUT2D eigenvalue weighted by Crippen LogP contribution is -2.30. The molecule has 0 aliphatic rings. The molecule has 1 N–H and O–H groups in total. The monoisotopic (exact) mass is 247 g/mol. The molecule has 0 fully saturated rings. The molecule has 2 nitrogen and oxygen atoms in total. The van der Waals surface area contributed by atoms with Crippen LogP contribution in [0.4, 0.5) is 0 Å². The third-order valence-electron chi connectivity index (χ3n) is 3.16. The maximum absolute atomic E-state index is 11.6. The van der Waals surface area contributed by atoms with Crippen LogP contribution in [0, 0.1) is 5.92 Å². The van der Waals surface area contributed by atoms with Crippen molar-refractivity contribution in [3.05, 3.63) is 35.4 Å². The summed E-state index contributed by atoms with van der Waals surface area (Å²) in [7, 11) is 0. The van der Waals surface area contributed by atoms with Crippen molar-refractivity contribution in [1.29, 1.82) is 0 Å². The van der Waals surface area contributed by atoms with Gasteiger partial charge in [-0.3, -0.25) is 4.79 Å². The average Bonchev–Trinajstić information content (AvgIpc) is 2.27. The fourth-order valence-electron chi connectivity index (χ4n) is 1.74. The Kier molecular flexibility index (Phi) is 4.55. The van der Waals surface area contributed by atoms with Crippen LogP contribution in [-0.2, 0) is 10.2 Å². The molecule has 100 valence electrons. The Morgan fingerprint density at radius 1 is 1.06 bits per heavy atom. The molecule has 1 atom stereocenters. The van der Waals surface area contributed by atoms with E-state index in [1.807, 2.05) is 20.8 Å². The first-order chi connectivity index (χ1) is 8.21. The first-order valence-corrected chi connectivity index (χ1v) is 6.62. The second-order valence-corrected chi connectivity index (χ2v) is 6.26. The minimum atomic E-state index is 0.0290. The summed E-state index contributed by atoms with van der Waals surface area (Å²) >= 11 is 0. The fraction of sp³-hybridized carbons (Fsp3) is 0.562. The van der Waals surface area contributed by atoms with Gasteiger partial charge in [-0.25, -0.2) is 0 Å². The van der Waals surface area contributed by atoms with Gasteiger partial charge in [-0.15, -0.1) is 0 Å². The third-order valence-corrected chi connectivity index (χ3v) is 3.16. The van der Waals surface area contributed by atoms with Gasteiger partial charge in [0.05, 0.1) is 6.04 Å². The second kappa shape index (κ2) is 5.55. The number of carbonyl (C=O) groups is 1. The number of rotatable bonds is 3. The van der Waals surface area contributed by atoms with Crippen LogP contribution in [0.3, 0.4) is 0 Å². The number of hydrogen-bond acceptors (Lipinski definition) is 1. The molecule has 1 aromatic carbocycles. The first kappa shape index (κ1) is 14.7. The molecule has 1 rings (SSSR count). The normalized spacial score (nSPS) is 13.5. The van der Waals surface area contributed by atoms with E-state index in [2.05, 4.69) is 50.4 Å².